The lowest BCUT2D eigenvalue weighted by atomic mass is 10.1. The number of carbonyl (C=O) groups is 1. The summed E-state index contributed by atoms with van der Waals surface area (Å²) < 4.78 is 1.51. The number of nitrogens with two attached hydrogens (primary N) is 1. The third-order valence-corrected chi connectivity index (χ3v) is 3.42. The van der Waals surface area contributed by atoms with Crippen LogP contribution in [0.4, 0.5) is 5.69 Å². The molecule has 0 bridgehead atoms. The Labute approximate surface area is 119 Å². The minimum Gasteiger partial charge on any atom is -0.396 e. The molecule has 0 unspecified atom stereocenters. The number of aromatic nitrogens is 2. The van der Waals surface area contributed by atoms with Crippen LogP contribution in [0.1, 0.15) is 27.2 Å². The molecule has 0 saturated carbocycles. The number of amides is 1. The number of hydrogen-bond acceptors (Lipinski definition) is 3. The number of rotatable bonds is 3. The van der Waals surface area contributed by atoms with Gasteiger partial charge in [-0.05, 0) is 25.0 Å². The zero-order valence-electron chi connectivity index (χ0n) is 12.3. The highest BCUT2D eigenvalue weighted by molar-refractivity contribution is 5.97. The van der Waals surface area contributed by atoms with Crippen LogP contribution in [0.15, 0.2) is 24.4 Å². The molecule has 0 aliphatic carbocycles. The molecule has 0 spiro atoms. The van der Waals surface area contributed by atoms with Crippen LogP contribution in [-0.4, -0.2) is 27.6 Å². The molecule has 1 heterocycles. The summed E-state index contributed by atoms with van der Waals surface area (Å²) in [7, 11) is 3.49. The van der Waals surface area contributed by atoms with Gasteiger partial charge in [0.1, 0.15) is 5.69 Å². The van der Waals surface area contributed by atoms with E-state index in [1.54, 1.807) is 19.0 Å². The molecule has 0 radical (unpaired) electrons. The molecule has 0 aliphatic rings. The molecule has 5 heteroatoms. The standard InChI is InChI=1S/C15H20N4O/c1-10-5-6-12(11(2)7-10)9-18(3)15(20)14-13(16)8-17-19(14)4/h5-8H,9,16H2,1-4H3. The van der Waals surface area contributed by atoms with Gasteiger partial charge in [-0.1, -0.05) is 23.8 Å². The predicted octanol–water partition coefficient (Wildman–Crippen LogP) is 1.89. The van der Waals surface area contributed by atoms with Gasteiger partial charge < -0.3 is 10.6 Å². The van der Waals surface area contributed by atoms with E-state index in [0.717, 1.165) is 5.56 Å². The van der Waals surface area contributed by atoms with Crippen molar-refractivity contribution in [1.82, 2.24) is 14.7 Å². The van der Waals surface area contributed by atoms with E-state index in [2.05, 4.69) is 37.1 Å². The van der Waals surface area contributed by atoms with Gasteiger partial charge in [0.25, 0.3) is 5.91 Å². The topological polar surface area (TPSA) is 64.2 Å². The number of nitrogen functional groups attached to an aromatic ring is 1. The van der Waals surface area contributed by atoms with Gasteiger partial charge in [0.2, 0.25) is 0 Å². The van der Waals surface area contributed by atoms with E-state index in [1.165, 1.54) is 22.0 Å². The van der Waals surface area contributed by atoms with Gasteiger partial charge >= 0.3 is 0 Å². The van der Waals surface area contributed by atoms with Crippen molar-refractivity contribution >= 4 is 11.6 Å². The van der Waals surface area contributed by atoms with Crippen LogP contribution < -0.4 is 5.73 Å². The van der Waals surface area contributed by atoms with Gasteiger partial charge in [-0.2, -0.15) is 5.10 Å². The fraction of sp³-hybridized carbons (Fsp3) is 0.333. The molecule has 0 atom stereocenters. The summed E-state index contributed by atoms with van der Waals surface area (Å²) in [5, 5.41) is 4.00. The molecule has 2 rings (SSSR count). The summed E-state index contributed by atoms with van der Waals surface area (Å²) >= 11 is 0. The van der Waals surface area contributed by atoms with Crippen molar-refractivity contribution in [1.29, 1.82) is 0 Å². The Morgan fingerprint density at radius 1 is 1.40 bits per heavy atom. The summed E-state index contributed by atoms with van der Waals surface area (Å²) in [4.78, 5) is 14.1. The Bertz CT molecular complexity index is 626. The second-order valence-corrected chi connectivity index (χ2v) is 5.16. The Hall–Kier alpha value is -2.30. The van der Waals surface area contributed by atoms with Crippen LogP contribution in [0.3, 0.4) is 0 Å². The Kier molecular flexibility index (Phi) is 3.79. The van der Waals surface area contributed by atoms with Crippen LogP contribution in [-0.2, 0) is 13.6 Å². The molecule has 2 N–H and O–H groups in total. The fourth-order valence-corrected chi connectivity index (χ4v) is 2.25. The first kappa shape index (κ1) is 14.1. The van der Waals surface area contributed by atoms with E-state index in [-0.39, 0.29) is 5.91 Å². The molecule has 20 heavy (non-hydrogen) atoms. The summed E-state index contributed by atoms with van der Waals surface area (Å²) in [5.41, 5.74) is 10.2. The molecule has 0 aliphatic heterocycles. The summed E-state index contributed by atoms with van der Waals surface area (Å²) in [6.45, 7) is 4.66. The first-order chi connectivity index (χ1) is 9.40. The quantitative estimate of drug-likeness (QED) is 0.928. The van der Waals surface area contributed by atoms with Crippen LogP contribution in [0.25, 0.3) is 0 Å². The number of aryl methyl sites for hydroxylation is 3. The first-order valence-electron chi connectivity index (χ1n) is 6.49. The molecule has 106 valence electrons. The summed E-state index contributed by atoms with van der Waals surface area (Å²) in [5.74, 6) is -0.123. The smallest absolute Gasteiger partial charge is 0.274 e. The van der Waals surface area contributed by atoms with Crippen molar-refractivity contribution in [2.24, 2.45) is 7.05 Å². The third kappa shape index (κ3) is 2.66. The molecular formula is C15H20N4O. The average molecular weight is 272 g/mol. The van der Waals surface area contributed by atoms with E-state index in [9.17, 15) is 4.79 Å². The number of hydrogen-bond donors (Lipinski definition) is 1. The molecule has 5 nitrogen and oxygen atoms in total. The number of carbonyl (C=O) groups excluding carboxylic acids is 1. The fourth-order valence-electron chi connectivity index (χ4n) is 2.25. The lowest BCUT2D eigenvalue weighted by Crippen LogP contribution is -2.29. The van der Waals surface area contributed by atoms with E-state index in [0.29, 0.717) is 17.9 Å². The van der Waals surface area contributed by atoms with Gasteiger partial charge in [0.05, 0.1) is 11.9 Å². The number of anilines is 1. The van der Waals surface area contributed by atoms with Gasteiger partial charge in [-0.25, -0.2) is 0 Å². The Balaban J connectivity index is 2.20. The lowest BCUT2D eigenvalue weighted by molar-refractivity contribution is 0.0775. The zero-order valence-corrected chi connectivity index (χ0v) is 12.3. The molecule has 1 aromatic carbocycles. The van der Waals surface area contributed by atoms with Crippen LogP contribution >= 0.6 is 0 Å². The van der Waals surface area contributed by atoms with Crippen molar-refractivity contribution in [2.45, 2.75) is 20.4 Å². The maximum Gasteiger partial charge on any atom is 0.274 e. The van der Waals surface area contributed by atoms with Crippen LogP contribution in [0.5, 0.6) is 0 Å². The Morgan fingerprint density at radius 3 is 2.65 bits per heavy atom. The van der Waals surface area contributed by atoms with Crippen molar-refractivity contribution < 1.29 is 4.79 Å². The number of nitrogens with zero attached hydrogens (tertiary/aromatic N) is 3. The number of benzene rings is 1. The lowest BCUT2D eigenvalue weighted by Gasteiger charge is -2.19. The highest BCUT2D eigenvalue weighted by Crippen LogP contribution is 2.16. The molecule has 1 amide bonds. The van der Waals surface area contributed by atoms with Crippen molar-refractivity contribution in [2.75, 3.05) is 12.8 Å². The van der Waals surface area contributed by atoms with Crippen LogP contribution in [0.2, 0.25) is 0 Å². The maximum atomic E-state index is 12.4. The van der Waals surface area contributed by atoms with Crippen LogP contribution in [0, 0.1) is 13.8 Å². The molecule has 2 aromatic rings. The highest BCUT2D eigenvalue weighted by atomic mass is 16.2. The van der Waals surface area contributed by atoms with E-state index in [1.807, 2.05) is 0 Å². The van der Waals surface area contributed by atoms with E-state index in [4.69, 9.17) is 5.73 Å². The minimum absolute atomic E-state index is 0.123. The summed E-state index contributed by atoms with van der Waals surface area (Å²) in [6, 6.07) is 6.23. The zero-order chi connectivity index (χ0) is 14.9. The normalized spacial score (nSPS) is 10.6. The Morgan fingerprint density at radius 2 is 2.10 bits per heavy atom. The third-order valence-electron chi connectivity index (χ3n) is 3.42. The SMILES string of the molecule is Cc1ccc(CN(C)C(=O)c2c(N)cnn2C)c(C)c1. The average Bonchev–Trinajstić information content (AvgIpc) is 2.71. The van der Waals surface area contributed by atoms with E-state index >= 15 is 0 Å². The van der Waals surface area contributed by atoms with Crippen molar-refractivity contribution in [3.8, 4) is 0 Å². The molecule has 0 fully saturated rings. The van der Waals surface area contributed by atoms with E-state index < -0.39 is 0 Å². The minimum atomic E-state index is -0.123. The summed E-state index contributed by atoms with van der Waals surface area (Å²) in [6.07, 6.45) is 1.50. The van der Waals surface area contributed by atoms with Gasteiger partial charge in [0.15, 0.2) is 0 Å². The monoisotopic (exact) mass is 272 g/mol. The second kappa shape index (κ2) is 5.36. The maximum absolute atomic E-state index is 12.4. The molecule has 1 aromatic heterocycles. The van der Waals surface area contributed by atoms with Crippen molar-refractivity contribution in [3.05, 3.63) is 46.8 Å². The van der Waals surface area contributed by atoms with Gasteiger partial charge in [0, 0.05) is 20.6 Å². The highest BCUT2D eigenvalue weighted by Gasteiger charge is 2.19. The first-order valence-corrected chi connectivity index (χ1v) is 6.49. The second-order valence-electron chi connectivity index (χ2n) is 5.16. The van der Waals surface area contributed by atoms with Gasteiger partial charge in [-0.3, -0.25) is 9.48 Å². The molecule has 0 saturated heterocycles. The molecular weight excluding hydrogens is 252 g/mol. The van der Waals surface area contributed by atoms with Crippen molar-refractivity contribution in [3.63, 3.8) is 0 Å². The predicted molar refractivity (Wildman–Crippen MR) is 79.3 cm³/mol. The largest absolute Gasteiger partial charge is 0.396 e. The van der Waals surface area contributed by atoms with Gasteiger partial charge in [-0.15, -0.1) is 0 Å².